The average Bonchev–Trinajstić information content (AvgIpc) is 2.53. The summed E-state index contributed by atoms with van der Waals surface area (Å²) in [5.74, 6) is -0.258. The molecule has 3 N–H and O–H groups in total. The summed E-state index contributed by atoms with van der Waals surface area (Å²) in [6, 6.07) is 7.42. The number of benzene rings is 1. The second-order valence-corrected chi connectivity index (χ2v) is 6.81. The Labute approximate surface area is 156 Å². The molecule has 0 aliphatic carbocycles. The molecule has 1 fully saturated rings. The molecule has 1 heterocycles. The van der Waals surface area contributed by atoms with E-state index >= 15 is 0 Å². The molecule has 1 saturated heterocycles. The molecule has 1 aliphatic rings. The van der Waals surface area contributed by atoms with Crippen molar-refractivity contribution in [3.05, 3.63) is 34.3 Å². The highest BCUT2D eigenvalue weighted by Gasteiger charge is 2.36. The Bertz CT molecular complexity index is 580. The summed E-state index contributed by atoms with van der Waals surface area (Å²) in [7, 11) is 0. The highest BCUT2D eigenvalue weighted by atomic mass is 79.9. The molecule has 0 saturated carbocycles. The number of hydrogen-bond acceptors (Lipinski definition) is 4. The summed E-state index contributed by atoms with van der Waals surface area (Å²) in [6.45, 7) is 4.92. The molecule has 24 heavy (non-hydrogen) atoms. The quantitative estimate of drug-likeness (QED) is 0.771. The van der Waals surface area contributed by atoms with Crippen LogP contribution in [0.1, 0.15) is 19.4 Å². The highest BCUT2D eigenvalue weighted by molar-refractivity contribution is 9.10. The lowest BCUT2D eigenvalue weighted by molar-refractivity contribution is -0.144. The molecule has 0 aromatic heterocycles. The maximum atomic E-state index is 12.8. The SMILES string of the molecule is CC(=O)NCC1CN(C(=O)C(C)(N)c2ccc(Br)cc2)CCO1.Cl. The van der Waals surface area contributed by atoms with Gasteiger partial charge in [0.05, 0.1) is 12.7 Å². The normalized spacial score (nSPS) is 19.8. The van der Waals surface area contributed by atoms with Gasteiger partial charge in [0.15, 0.2) is 0 Å². The Morgan fingerprint density at radius 2 is 2.04 bits per heavy atom. The molecule has 6 nitrogen and oxygen atoms in total. The van der Waals surface area contributed by atoms with Crippen LogP contribution in [-0.2, 0) is 19.9 Å². The first-order valence-electron chi connectivity index (χ1n) is 7.51. The zero-order chi connectivity index (χ0) is 17.0. The van der Waals surface area contributed by atoms with Gasteiger partial charge >= 0.3 is 0 Å². The summed E-state index contributed by atoms with van der Waals surface area (Å²) < 4.78 is 6.52. The minimum atomic E-state index is -1.10. The number of nitrogens with two attached hydrogens (primary N) is 1. The number of nitrogens with one attached hydrogen (secondary N) is 1. The zero-order valence-corrected chi connectivity index (χ0v) is 16.2. The van der Waals surface area contributed by atoms with Crippen LogP contribution in [0.3, 0.4) is 0 Å². The van der Waals surface area contributed by atoms with E-state index in [9.17, 15) is 9.59 Å². The maximum Gasteiger partial charge on any atom is 0.247 e. The molecule has 8 heteroatoms. The van der Waals surface area contributed by atoms with E-state index in [0.29, 0.717) is 26.2 Å². The van der Waals surface area contributed by atoms with Gasteiger partial charge in [-0.15, -0.1) is 12.4 Å². The van der Waals surface area contributed by atoms with Gasteiger partial charge in [-0.2, -0.15) is 0 Å². The zero-order valence-electron chi connectivity index (χ0n) is 13.8. The first-order chi connectivity index (χ1) is 10.8. The minimum absolute atomic E-state index is 0. The number of hydrogen-bond donors (Lipinski definition) is 2. The van der Waals surface area contributed by atoms with Crippen molar-refractivity contribution in [2.75, 3.05) is 26.2 Å². The molecule has 0 radical (unpaired) electrons. The third-order valence-corrected chi connectivity index (χ3v) is 4.42. The molecule has 134 valence electrons. The van der Waals surface area contributed by atoms with Crippen LogP contribution in [0, 0.1) is 0 Å². The Balaban J connectivity index is 0.00000288. The lowest BCUT2D eigenvalue weighted by Gasteiger charge is -2.37. The van der Waals surface area contributed by atoms with Crippen molar-refractivity contribution in [2.45, 2.75) is 25.5 Å². The molecule has 2 atom stereocenters. The van der Waals surface area contributed by atoms with Gasteiger partial charge in [-0.05, 0) is 24.6 Å². The number of rotatable bonds is 4. The Kier molecular flexibility index (Phi) is 7.66. The van der Waals surface area contributed by atoms with Gasteiger partial charge in [-0.1, -0.05) is 28.1 Å². The molecule has 0 spiro atoms. The fraction of sp³-hybridized carbons (Fsp3) is 0.500. The molecule has 2 amide bonds. The number of carbonyl (C=O) groups excluding carboxylic acids is 2. The van der Waals surface area contributed by atoms with Gasteiger partial charge in [0.1, 0.15) is 5.54 Å². The van der Waals surface area contributed by atoms with Gasteiger partial charge in [0, 0.05) is 31.0 Å². The molecule has 0 bridgehead atoms. The molecule has 2 unspecified atom stereocenters. The van der Waals surface area contributed by atoms with Crippen molar-refractivity contribution in [1.29, 1.82) is 0 Å². The summed E-state index contributed by atoms with van der Waals surface area (Å²) in [4.78, 5) is 25.5. The standard InChI is InChI=1S/C16H22BrN3O3.ClH/c1-11(21)19-9-14-10-20(7-8-23-14)15(22)16(2,18)12-3-5-13(17)6-4-12;/h3-6,14H,7-10,18H2,1-2H3,(H,19,21);1H. The summed E-state index contributed by atoms with van der Waals surface area (Å²) in [5.41, 5.74) is 5.97. The first kappa shape index (κ1) is 20.9. The molecule has 1 aromatic rings. The van der Waals surface area contributed by atoms with E-state index in [-0.39, 0.29) is 30.3 Å². The predicted molar refractivity (Wildman–Crippen MR) is 97.9 cm³/mol. The fourth-order valence-electron chi connectivity index (χ4n) is 2.53. The van der Waals surface area contributed by atoms with E-state index in [1.54, 1.807) is 11.8 Å². The van der Waals surface area contributed by atoms with E-state index in [1.807, 2.05) is 24.3 Å². The van der Waals surface area contributed by atoms with Gasteiger partial charge in [0.25, 0.3) is 0 Å². The lowest BCUT2D eigenvalue weighted by Crippen LogP contribution is -2.57. The van der Waals surface area contributed by atoms with Crippen molar-refractivity contribution in [2.24, 2.45) is 5.73 Å². The first-order valence-corrected chi connectivity index (χ1v) is 8.30. The van der Waals surface area contributed by atoms with Crippen molar-refractivity contribution in [1.82, 2.24) is 10.2 Å². The lowest BCUT2D eigenvalue weighted by atomic mass is 9.91. The van der Waals surface area contributed by atoms with Crippen molar-refractivity contribution in [3.63, 3.8) is 0 Å². The van der Waals surface area contributed by atoms with E-state index in [2.05, 4.69) is 21.2 Å². The average molecular weight is 421 g/mol. The number of carbonyl (C=O) groups is 2. The van der Waals surface area contributed by atoms with E-state index in [4.69, 9.17) is 10.5 Å². The second-order valence-electron chi connectivity index (χ2n) is 5.89. The third kappa shape index (κ3) is 5.17. The number of amides is 2. The second kappa shape index (κ2) is 8.80. The Morgan fingerprint density at radius 3 is 2.62 bits per heavy atom. The van der Waals surface area contributed by atoms with Crippen LogP contribution in [-0.4, -0.2) is 49.1 Å². The minimum Gasteiger partial charge on any atom is -0.373 e. The topological polar surface area (TPSA) is 84.7 Å². The number of ether oxygens (including phenoxy) is 1. The van der Waals surface area contributed by atoms with Crippen LogP contribution in [0.5, 0.6) is 0 Å². The monoisotopic (exact) mass is 419 g/mol. The van der Waals surface area contributed by atoms with Gasteiger partial charge in [-0.25, -0.2) is 0 Å². The van der Waals surface area contributed by atoms with Crippen LogP contribution in [0.2, 0.25) is 0 Å². The van der Waals surface area contributed by atoms with Crippen LogP contribution >= 0.6 is 28.3 Å². The molecule has 2 rings (SSSR count). The van der Waals surface area contributed by atoms with Crippen LogP contribution < -0.4 is 11.1 Å². The Morgan fingerprint density at radius 1 is 1.42 bits per heavy atom. The van der Waals surface area contributed by atoms with Crippen LogP contribution in [0.4, 0.5) is 0 Å². The van der Waals surface area contributed by atoms with Crippen molar-refractivity contribution < 1.29 is 14.3 Å². The largest absolute Gasteiger partial charge is 0.373 e. The molecule has 1 aliphatic heterocycles. The molecular formula is C16H23BrClN3O3. The summed E-state index contributed by atoms with van der Waals surface area (Å²) in [6.07, 6.45) is -0.211. The van der Waals surface area contributed by atoms with Crippen molar-refractivity contribution in [3.8, 4) is 0 Å². The van der Waals surface area contributed by atoms with Crippen molar-refractivity contribution >= 4 is 40.2 Å². The van der Waals surface area contributed by atoms with Gasteiger partial charge < -0.3 is 20.7 Å². The van der Waals surface area contributed by atoms with Crippen LogP contribution in [0.15, 0.2) is 28.7 Å². The highest BCUT2D eigenvalue weighted by Crippen LogP contribution is 2.23. The maximum absolute atomic E-state index is 12.8. The van der Waals surface area contributed by atoms with E-state index in [0.717, 1.165) is 10.0 Å². The van der Waals surface area contributed by atoms with E-state index in [1.165, 1.54) is 6.92 Å². The number of morpholine rings is 1. The smallest absolute Gasteiger partial charge is 0.247 e. The summed E-state index contributed by atoms with van der Waals surface area (Å²) >= 11 is 3.38. The van der Waals surface area contributed by atoms with Gasteiger partial charge in [0.2, 0.25) is 11.8 Å². The Hall–Kier alpha value is -1.15. The van der Waals surface area contributed by atoms with Gasteiger partial charge in [-0.3, -0.25) is 9.59 Å². The fourth-order valence-corrected chi connectivity index (χ4v) is 2.80. The summed E-state index contributed by atoms with van der Waals surface area (Å²) in [5, 5.41) is 2.71. The number of halogens is 2. The third-order valence-electron chi connectivity index (χ3n) is 3.89. The van der Waals surface area contributed by atoms with Crippen LogP contribution in [0.25, 0.3) is 0 Å². The molecule has 1 aromatic carbocycles. The predicted octanol–water partition coefficient (Wildman–Crippen LogP) is 1.41. The number of nitrogens with zero attached hydrogens (tertiary/aromatic N) is 1. The molecular weight excluding hydrogens is 398 g/mol. The van der Waals surface area contributed by atoms with E-state index < -0.39 is 5.54 Å².